The monoisotopic (exact) mass is 326 g/mol. The van der Waals surface area contributed by atoms with Crippen LogP contribution in [0.3, 0.4) is 0 Å². The predicted octanol–water partition coefficient (Wildman–Crippen LogP) is 4.84. The lowest BCUT2D eigenvalue weighted by Gasteiger charge is -2.02. The van der Waals surface area contributed by atoms with Gasteiger partial charge in [-0.25, -0.2) is 0 Å². The van der Waals surface area contributed by atoms with Gasteiger partial charge in [-0.3, -0.25) is 0 Å². The number of hydrogen-bond donors (Lipinski definition) is 0. The average molecular weight is 328 g/mol. The molecule has 74 valence electrons. The SMILES string of the molecule is CCCCCOc1cc(Br)sc1Br. The van der Waals surface area contributed by atoms with Crippen molar-refractivity contribution in [2.24, 2.45) is 0 Å². The van der Waals surface area contributed by atoms with Crippen LogP contribution in [0.1, 0.15) is 26.2 Å². The van der Waals surface area contributed by atoms with Gasteiger partial charge in [0.15, 0.2) is 0 Å². The molecule has 0 aromatic carbocycles. The zero-order valence-electron chi connectivity index (χ0n) is 7.48. The van der Waals surface area contributed by atoms with Crippen LogP contribution in [-0.4, -0.2) is 6.61 Å². The molecule has 13 heavy (non-hydrogen) atoms. The van der Waals surface area contributed by atoms with E-state index in [1.165, 1.54) is 12.8 Å². The molecule has 0 unspecified atom stereocenters. The van der Waals surface area contributed by atoms with Gasteiger partial charge in [-0.05, 0) is 38.3 Å². The summed E-state index contributed by atoms with van der Waals surface area (Å²) in [5, 5.41) is 0. The standard InChI is InChI=1S/C9H12Br2OS/c1-2-3-4-5-12-7-6-8(10)13-9(7)11/h6H,2-5H2,1H3. The molecule has 0 aliphatic carbocycles. The highest BCUT2D eigenvalue weighted by Crippen LogP contribution is 2.37. The summed E-state index contributed by atoms with van der Waals surface area (Å²) in [6.07, 6.45) is 3.61. The van der Waals surface area contributed by atoms with Crippen LogP contribution in [0.4, 0.5) is 0 Å². The number of rotatable bonds is 5. The van der Waals surface area contributed by atoms with Gasteiger partial charge >= 0.3 is 0 Å². The van der Waals surface area contributed by atoms with Gasteiger partial charge in [-0.1, -0.05) is 19.8 Å². The van der Waals surface area contributed by atoms with Crippen molar-refractivity contribution in [1.29, 1.82) is 0 Å². The Morgan fingerprint density at radius 3 is 2.69 bits per heavy atom. The van der Waals surface area contributed by atoms with Crippen molar-refractivity contribution >= 4 is 43.2 Å². The van der Waals surface area contributed by atoms with Crippen LogP contribution in [0.15, 0.2) is 13.6 Å². The number of ether oxygens (including phenoxy) is 1. The van der Waals surface area contributed by atoms with E-state index >= 15 is 0 Å². The molecule has 0 saturated heterocycles. The Morgan fingerprint density at radius 1 is 1.38 bits per heavy atom. The van der Waals surface area contributed by atoms with Crippen LogP contribution in [-0.2, 0) is 0 Å². The molecule has 0 N–H and O–H groups in total. The second-order valence-electron chi connectivity index (χ2n) is 2.74. The van der Waals surface area contributed by atoms with Gasteiger partial charge in [0.2, 0.25) is 0 Å². The van der Waals surface area contributed by atoms with Gasteiger partial charge in [0.05, 0.1) is 10.4 Å². The molecule has 0 aliphatic heterocycles. The molecule has 0 amide bonds. The van der Waals surface area contributed by atoms with E-state index in [4.69, 9.17) is 4.74 Å². The van der Waals surface area contributed by atoms with Crippen LogP contribution in [0.5, 0.6) is 5.75 Å². The van der Waals surface area contributed by atoms with Crippen molar-refractivity contribution in [2.75, 3.05) is 6.61 Å². The molecule has 1 nitrogen and oxygen atoms in total. The fraction of sp³-hybridized carbons (Fsp3) is 0.556. The Morgan fingerprint density at radius 2 is 2.15 bits per heavy atom. The number of unbranched alkanes of at least 4 members (excludes halogenated alkanes) is 2. The van der Waals surface area contributed by atoms with E-state index in [0.29, 0.717) is 0 Å². The summed E-state index contributed by atoms with van der Waals surface area (Å²) < 4.78 is 7.76. The number of hydrogen-bond acceptors (Lipinski definition) is 2. The molecule has 0 aliphatic rings. The lowest BCUT2D eigenvalue weighted by Crippen LogP contribution is -1.95. The van der Waals surface area contributed by atoms with Crippen molar-refractivity contribution in [3.8, 4) is 5.75 Å². The molecule has 1 aromatic heterocycles. The van der Waals surface area contributed by atoms with Crippen molar-refractivity contribution < 1.29 is 4.74 Å². The third-order valence-electron chi connectivity index (χ3n) is 1.63. The first-order valence-corrected chi connectivity index (χ1v) is 6.72. The third kappa shape index (κ3) is 4.00. The van der Waals surface area contributed by atoms with E-state index in [-0.39, 0.29) is 0 Å². The predicted molar refractivity (Wildman–Crippen MR) is 64.7 cm³/mol. The van der Waals surface area contributed by atoms with Crippen LogP contribution < -0.4 is 4.74 Å². The van der Waals surface area contributed by atoms with E-state index in [2.05, 4.69) is 38.8 Å². The fourth-order valence-corrected chi connectivity index (χ4v) is 3.61. The minimum Gasteiger partial charge on any atom is -0.491 e. The Kier molecular flexibility index (Phi) is 5.36. The molecule has 0 spiro atoms. The molecule has 0 atom stereocenters. The molecule has 1 heterocycles. The Labute approximate surface area is 99.7 Å². The van der Waals surface area contributed by atoms with Gasteiger partial charge in [-0.15, -0.1) is 11.3 Å². The van der Waals surface area contributed by atoms with E-state index < -0.39 is 0 Å². The second kappa shape index (κ2) is 6.04. The van der Waals surface area contributed by atoms with E-state index in [1.54, 1.807) is 11.3 Å². The van der Waals surface area contributed by atoms with E-state index in [1.807, 2.05) is 6.07 Å². The Hall–Kier alpha value is 0.460. The molecule has 1 rings (SSSR count). The van der Waals surface area contributed by atoms with Crippen molar-refractivity contribution in [1.82, 2.24) is 0 Å². The van der Waals surface area contributed by atoms with E-state index in [9.17, 15) is 0 Å². The maximum absolute atomic E-state index is 5.59. The first-order chi connectivity index (χ1) is 6.24. The first kappa shape index (κ1) is 11.5. The summed E-state index contributed by atoms with van der Waals surface area (Å²) in [5.41, 5.74) is 0. The summed E-state index contributed by atoms with van der Waals surface area (Å²) in [6, 6.07) is 2.00. The van der Waals surface area contributed by atoms with Crippen molar-refractivity contribution in [2.45, 2.75) is 26.2 Å². The van der Waals surface area contributed by atoms with Gasteiger partial charge in [0.1, 0.15) is 9.54 Å². The maximum atomic E-state index is 5.59. The molecular weight excluding hydrogens is 316 g/mol. The van der Waals surface area contributed by atoms with Crippen molar-refractivity contribution in [3.63, 3.8) is 0 Å². The molecule has 1 aromatic rings. The van der Waals surface area contributed by atoms with Gasteiger partial charge in [0, 0.05) is 6.07 Å². The number of halogens is 2. The van der Waals surface area contributed by atoms with Crippen LogP contribution in [0.2, 0.25) is 0 Å². The first-order valence-electron chi connectivity index (χ1n) is 4.31. The summed E-state index contributed by atoms with van der Waals surface area (Å²) in [6.45, 7) is 3.01. The second-order valence-corrected chi connectivity index (χ2v) is 6.49. The maximum Gasteiger partial charge on any atom is 0.145 e. The summed E-state index contributed by atoms with van der Waals surface area (Å²) >= 11 is 8.51. The van der Waals surface area contributed by atoms with Gasteiger partial charge in [-0.2, -0.15) is 0 Å². The van der Waals surface area contributed by atoms with Crippen LogP contribution in [0.25, 0.3) is 0 Å². The lowest BCUT2D eigenvalue weighted by atomic mass is 10.3. The fourth-order valence-electron chi connectivity index (χ4n) is 0.958. The lowest BCUT2D eigenvalue weighted by molar-refractivity contribution is 0.306. The highest BCUT2D eigenvalue weighted by Gasteiger charge is 2.05. The topological polar surface area (TPSA) is 9.23 Å². The van der Waals surface area contributed by atoms with Crippen LogP contribution in [0, 0.1) is 0 Å². The summed E-state index contributed by atoms with van der Waals surface area (Å²) in [4.78, 5) is 0. The minimum absolute atomic E-state index is 0.815. The molecule has 0 fully saturated rings. The van der Waals surface area contributed by atoms with Gasteiger partial charge < -0.3 is 4.74 Å². The highest BCUT2D eigenvalue weighted by atomic mass is 79.9. The minimum atomic E-state index is 0.815. The van der Waals surface area contributed by atoms with E-state index in [0.717, 1.165) is 26.4 Å². The quantitative estimate of drug-likeness (QED) is 0.703. The van der Waals surface area contributed by atoms with Crippen molar-refractivity contribution in [3.05, 3.63) is 13.6 Å². The number of thiophene rings is 1. The zero-order valence-corrected chi connectivity index (χ0v) is 11.5. The summed E-state index contributed by atoms with van der Waals surface area (Å²) in [7, 11) is 0. The molecule has 4 heteroatoms. The Bertz CT molecular complexity index is 260. The van der Waals surface area contributed by atoms with Crippen LogP contribution >= 0.6 is 43.2 Å². The average Bonchev–Trinajstić information content (AvgIpc) is 2.39. The molecule has 0 bridgehead atoms. The largest absolute Gasteiger partial charge is 0.491 e. The molecule has 0 saturated carbocycles. The van der Waals surface area contributed by atoms with Gasteiger partial charge in [0.25, 0.3) is 0 Å². The molecular formula is C9H12Br2OS. The zero-order chi connectivity index (χ0) is 9.68. The highest BCUT2D eigenvalue weighted by molar-refractivity contribution is 9.12. The normalized spacial score (nSPS) is 10.4. The third-order valence-corrected chi connectivity index (χ3v) is 3.92. The molecule has 0 radical (unpaired) electrons. The smallest absolute Gasteiger partial charge is 0.145 e. The summed E-state index contributed by atoms with van der Waals surface area (Å²) in [5.74, 6) is 0.952. The Balaban J connectivity index is 2.32.